The van der Waals surface area contributed by atoms with E-state index in [1.54, 1.807) is 0 Å². The Labute approximate surface area is 103 Å². The van der Waals surface area contributed by atoms with Gasteiger partial charge in [-0.3, -0.25) is 9.59 Å². The number of methoxy groups -OCH3 is 1. The van der Waals surface area contributed by atoms with E-state index < -0.39 is 18.0 Å². The van der Waals surface area contributed by atoms with Crippen molar-refractivity contribution >= 4 is 17.7 Å². The number of aliphatic hydroxyl groups excluding tert-OH is 1. The third-order valence-electron chi connectivity index (χ3n) is 2.26. The predicted molar refractivity (Wildman–Crippen MR) is 61.2 cm³/mol. The van der Waals surface area contributed by atoms with Crippen molar-refractivity contribution in [2.45, 2.75) is 13.0 Å². The Morgan fingerprint density at radius 2 is 2.17 bits per heavy atom. The van der Waals surface area contributed by atoms with Crippen molar-refractivity contribution in [1.82, 2.24) is 10.3 Å². The number of carbonyl (C=O) groups excluding carboxylic acids is 3. The number of carbonyl (C=O) groups is 3. The number of ketones is 1. The van der Waals surface area contributed by atoms with Gasteiger partial charge in [0.05, 0.1) is 13.7 Å². The molecule has 1 atom stereocenters. The third-order valence-corrected chi connectivity index (χ3v) is 2.26. The molecule has 0 saturated heterocycles. The predicted octanol–water partition coefficient (Wildman–Crippen LogP) is -0.519. The number of rotatable bonds is 5. The van der Waals surface area contributed by atoms with Crippen LogP contribution in [0.25, 0.3) is 0 Å². The highest BCUT2D eigenvalue weighted by Crippen LogP contribution is 2.04. The zero-order valence-electron chi connectivity index (χ0n) is 10.0. The second-order valence-corrected chi connectivity index (χ2v) is 3.61. The first-order valence-electron chi connectivity index (χ1n) is 5.19. The lowest BCUT2D eigenvalue weighted by atomic mass is 10.2. The zero-order chi connectivity index (χ0) is 13.7. The molecule has 1 heterocycles. The highest BCUT2D eigenvalue weighted by atomic mass is 16.5. The summed E-state index contributed by atoms with van der Waals surface area (Å²) in [5, 5.41) is 11.6. The fourth-order valence-electron chi connectivity index (χ4n) is 1.23. The van der Waals surface area contributed by atoms with Crippen molar-refractivity contribution in [3.63, 3.8) is 0 Å². The minimum Gasteiger partial charge on any atom is -0.467 e. The third kappa shape index (κ3) is 3.42. The molecule has 0 spiro atoms. The quantitative estimate of drug-likeness (QED) is 0.484. The molecule has 1 aromatic rings. The Kier molecular flexibility index (Phi) is 4.61. The average Bonchev–Trinajstić information content (AvgIpc) is 2.84. The van der Waals surface area contributed by atoms with E-state index in [2.05, 4.69) is 15.0 Å². The summed E-state index contributed by atoms with van der Waals surface area (Å²) in [6.07, 6.45) is -0.00487. The standard InChI is InChI=1S/C11H14N2O5/c1-6(14)7-3-8(12-4-7)10(16)13-5-9(15)11(17)18-2/h3-4,9,12,15H,5H2,1-2H3,(H,13,16). The summed E-state index contributed by atoms with van der Waals surface area (Å²) in [7, 11) is 1.14. The fraction of sp³-hybridized carbons (Fsp3) is 0.364. The number of aromatic nitrogens is 1. The zero-order valence-corrected chi connectivity index (χ0v) is 10.0. The highest BCUT2D eigenvalue weighted by molar-refractivity contribution is 5.99. The average molecular weight is 254 g/mol. The number of hydrogen-bond donors (Lipinski definition) is 3. The number of aliphatic hydroxyl groups is 1. The number of aromatic amines is 1. The minimum absolute atomic E-state index is 0.167. The molecule has 18 heavy (non-hydrogen) atoms. The molecule has 1 aromatic heterocycles. The van der Waals surface area contributed by atoms with Gasteiger partial charge >= 0.3 is 5.97 Å². The van der Waals surface area contributed by atoms with Gasteiger partial charge in [-0.1, -0.05) is 0 Å². The molecule has 7 nitrogen and oxygen atoms in total. The van der Waals surface area contributed by atoms with Gasteiger partial charge in [0.15, 0.2) is 11.9 Å². The maximum atomic E-state index is 11.6. The van der Waals surface area contributed by atoms with Gasteiger partial charge in [-0.15, -0.1) is 0 Å². The van der Waals surface area contributed by atoms with Crippen molar-refractivity contribution in [2.75, 3.05) is 13.7 Å². The van der Waals surface area contributed by atoms with Gasteiger partial charge in [0.25, 0.3) is 5.91 Å². The molecule has 1 rings (SSSR count). The fourth-order valence-corrected chi connectivity index (χ4v) is 1.23. The minimum atomic E-state index is -1.42. The van der Waals surface area contributed by atoms with Crippen LogP contribution < -0.4 is 5.32 Å². The second kappa shape index (κ2) is 5.97. The van der Waals surface area contributed by atoms with Gasteiger partial charge < -0.3 is 20.1 Å². The summed E-state index contributed by atoms with van der Waals surface area (Å²) in [6, 6.07) is 1.39. The van der Waals surface area contributed by atoms with Crippen LogP contribution in [0, 0.1) is 0 Å². The molecule has 98 valence electrons. The molecule has 0 saturated carbocycles. The monoisotopic (exact) mass is 254 g/mol. The summed E-state index contributed by atoms with van der Waals surface area (Å²) in [6.45, 7) is 1.12. The molecular formula is C11H14N2O5. The lowest BCUT2D eigenvalue weighted by Crippen LogP contribution is -2.37. The van der Waals surface area contributed by atoms with Crippen LogP contribution in [0.4, 0.5) is 0 Å². The maximum Gasteiger partial charge on any atom is 0.336 e. The van der Waals surface area contributed by atoms with E-state index in [1.807, 2.05) is 0 Å². The normalized spacial score (nSPS) is 11.7. The van der Waals surface area contributed by atoms with Gasteiger partial charge in [0, 0.05) is 11.8 Å². The number of H-pyrrole nitrogens is 1. The van der Waals surface area contributed by atoms with Gasteiger partial charge in [0.1, 0.15) is 5.69 Å². The van der Waals surface area contributed by atoms with Crippen LogP contribution in [-0.2, 0) is 9.53 Å². The Hall–Kier alpha value is -2.15. The highest BCUT2D eigenvalue weighted by Gasteiger charge is 2.17. The van der Waals surface area contributed by atoms with Crippen LogP contribution in [0.2, 0.25) is 0 Å². The van der Waals surface area contributed by atoms with E-state index in [4.69, 9.17) is 0 Å². The molecule has 3 N–H and O–H groups in total. The molecular weight excluding hydrogens is 240 g/mol. The molecule has 0 radical (unpaired) electrons. The van der Waals surface area contributed by atoms with E-state index in [9.17, 15) is 19.5 Å². The van der Waals surface area contributed by atoms with Crippen molar-refractivity contribution in [3.8, 4) is 0 Å². The Bertz CT molecular complexity index is 466. The summed E-state index contributed by atoms with van der Waals surface area (Å²) in [5.74, 6) is -1.52. The van der Waals surface area contributed by atoms with Crippen LogP contribution in [0.5, 0.6) is 0 Å². The molecule has 0 aromatic carbocycles. The van der Waals surface area contributed by atoms with Crippen molar-refractivity contribution in [3.05, 3.63) is 23.5 Å². The summed E-state index contributed by atoms with van der Waals surface area (Å²) < 4.78 is 4.29. The first kappa shape index (κ1) is 13.9. The molecule has 0 aliphatic rings. The SMILES string of the molecule is COC(=O)C(O)CNC(=O)c1cc(C(C)=O)c[nH]1. The van der Waals surface area contributed by atoms with E-state index >= 15 is 0 Å². The molecule has 0 aliphatic heterocycles. The molecule has 1 unspecified atom stereocenters. The van der Waals surface area contributed by atoms with E-state index in [-0.39, 0.29) is 18.0 Å². The van der Waals surface area contributed by atoms with Crippen LogP contribution in [0.3, 0.4) is 0 Å². The number of ether oxygens (including phenoxy) is 1. The Morgan fingerprint density at radius 3 is 2.67 bits per heavy atom. The van der Waals surface area contributed by atoms with Gasteiger partial charge in [0.2, 0.25) is 0 Å². The summed E-state index contributed by atoms with van der Waals surface area (Å²) in [4.78, 5) is 36.1. The van der Waals surface area contributed by atoms with Crippen LogP contribution >= 0.6 is 0 Å². The second-order valence-electron chi connectivity index (χ2n) is 3.61. The largest absolute Gasteiger partial charge is 0.467 e. The number of amides is 1. The topological polar surface area (TPSA) is 108 Å². The number of nitrogens with one attached hydrogen (secondary N) is 2. The number of esters is 1. The summed E-state index contributed by atoms with van der Waals surface area (Å²) in [5.41, 5.74) is 0.561. The van der Waals surface area contributed by atoms with E-state index in [0.717, 1.165) is 7.11 Å². The molecule has 1 amide bonds. The van der Waals surface area contributed by atoms with Crippen molar-refractivity contribution in [1.29, 1.82) is 0 Å². The number of Topliss-reactive ketones (excluding diaryl/α,β-unsaturated/α-hetero) is 1. The van der Waals surface area contributed by atoms with Crippen LogP contribution in [-0.4, -0.2) is 47.5 Å². The van der Waals surface area contributed by atoms with E-state index in [1.165, 1.54) is 19.2 Å². The molecule has 7 heteroatoms. The summed E-state index contributed by atoms with van der Waals surface area (Å²) >= 11 is 0. The first-order chi connectivity index (χ1) is 8.45. The molecule has 0 fully saturated rings. The van der Waals surface area contributed by atoms with E-state index in [0.29, 0.717) is 5.56 Å². The maximum absolute atomic E-state index is 11.6. The first-order valence-corrected chi connectivity index (χ1v) is 5.19. The van der Waals surface area contributed by atoms with Crippen LogP contribution in [0.1, 0.15) is 27.8 Å². The van der Waals surface area contributed by atoms with Crippen molar-refractivity contribution in [2.24, 2.45) is 0 Å². The van der Waals surface area contributed by atoms with Crippen LogP contribution in [0.15, 0.2) is 12.3 Å². The molecule has 0 bridgehead atoms. The van der Waals surface area contributed by atoms with Gasteiger partial charge in [-0.05, 0) is 13.0 Å². The lowest BCUT2D eigenvalue weighted by molar-refractivity contribution is -0.149. The van der Waals surface area contributed by atoms with Gasteiger partial charge in [-0.25, -0.2) is 4.79 Å². The molecule has 0 aliphatic carbocycles. The smallest absolute Gasteiger partial charge is 0.336 e. The van der Waals surface area contributed by atoms with Crippen molar-refractivity contribution < 1.29 is 24.2 Å². The lowest BCUT2D eigenvalue weighted by Gasteiger charge is -2.08. The Morgan fingerprint density at radius 1 is 1.50 bits per heavy atom. The Balaban J connectivity index is 2.55. The van der Waals surface area contributed by atoms with Gasteiger partial charge in [-0.2, -0.15) is 0 Å². The number of hydrogen-bond acceptors (Lipinski definition) is 5.